The van der Waals surface area contributed by atoms with E-state index in [0.717, 1.165) is 0 Å². The van der Waals surface area contributed by atoms with Gasteiger partial charge in [0.2, 0.25) is 11.8 Å². The zero-order valence-corrected chi connectivity index (χ0v) is 12.2. The van der Waals surface area contributed by atoms with Crippen molar-refractivity contribution < 1.29 is 19.5 Å². The van der Waals surface area contributed by atoms with Gasteiger partial charge in [-0.05, 0) is 27.7 Å². The van der Waals surface area contributed by atoms with Gasteiger partial charge in [-0.3, -0.25) is 9.59 Å². The molecule has 0 fully saturated rings. The summed E-state index contributed by atoms with van der Waals surface area (Å²) in [5.41, 5.74) is 0.134. The number of amides is 2. The molecule has 2 amide bonds. The number of rotatable bonds is 6. The van der Waals surface area contributed by atoms with E-state index in [1.165, 1.54) is 25.8 Å². The fourth-order valence-electron chi connectivity index (χ4n) is 1.56. The minimum Gasteiger partial charge on any atom is -0.478 e. The molecule has 0 aromatic heterocycles. The van der Waals surface area contributed by atoms with E-state index < -0.39 is 11.9 Å². The second-order valence-corrected chi connectivity index (χ2v) is 4.28. The van der Waals surface area contributed by atoms with Crippen LogP contribution in [0.1, 0.15) is 27.7 Å². The predicted molar refractivity (Wildman–Crippen MR) is 71.6 cm³/mol. The second-order valence-electron chi connectivity index (χ2n) is 4.28. The highest BCUT2D eigenvalue weighted by atomic mass is 16.4. The van der Waals surface area contributed by atoms with Crippen molar-refractivity contribution in [2.45, 2.75) is 27.7 Å². The summed E-state index contributed by atoms with van der Waals surface area (Å²) < 4.78 is 0. The third kappa shape index (κ3) is 4.73. The third-order valence-corrected chi connectivity index (χ3v) is 3.04. The molecule has 19 heavy (non-hydrogen) atoms. The number of nitrogens with zero attached hydrogens (tertiary/aromatic N) is 2. The van der Waals surface area contributed by atoms with Crippen molar-refractivity contribution in [2.75, 3.05) is 26.7 Å². The Kier molecular flexibility index (Phi) is 6.82. The number of likely N-dealkylation sites (N-methyl/N-ethyl adjacent to an activating group) is 2. The quantitative estimate of drug-likeness (QED) is 0.722. The average molecular weight is 270 g/mol. The van der Waals surface area contributed by atoms with Crippen LogP contribution in [0.25, 0.3) is 0 Å². The molecule has 0 heterocycles. The van der Waals surface area contributed by atoms with E-state index in [0.29, 0.717) is 13.1 Å². The van der Waals surface area contributed by atoms with Gasteiger partial charge in [0.25, 0.3) is 0 Å². The summed E-state index contributed by atoms with van der Waals surface area (Å²) in [4.78, 5) is 37.4. The van der Waals surface area contributed by atoms with Crippen molar-refractivity contribution in [1.82, 2.24) is 9.80 Å². The summed E-state index contributed by atoms with van der Waals surface area (Å²) in [6.45, 7) is 7.66. The van der Waals surface area contributed by atoms with Crippen LogP contribution in [0.3, 0.4) is 0 Å². The van der Waals surface area contributed by atoms with Gasteiger partial charge in [0, 0.05) is 31.3 Å². The van der Waals surface area contributed by atoms with Crippen molar-refractivity contribution in [3.8, 4) is 0 Å². The smallest absolute Gasteiger partial charge is 0.331 e. The summed E-state index contributed by atoms with van der Waals surface area (Å²) in [7, 11) is 1.49. The van der Waals surface area contributed by atoms with E-state index >= 15 is 0 Å². The first-order chi connectivity index (χ1) is 8.76. The van der Waals surface area contributed by atoms with Gasteiger partial charge in [-0.2, -0.15) is 0 Å². The molecule has 0 bridgehead atoms. The number of carbonyl (C=O) groups excluding carboxylic acids is 2. The lowest BCUT2D eigenvalue weighted by Gasteiger charge is -2.23. The topological polar surface area (TPSA) is 77.9 Å². The van der Waals surface area contributed by atoms with Gasteiger partial charge in [-0.1, -0.05) is 0 Å². The zero-order valence-electron chi connectivity index (χ0n) is 12.2. The van der Waals surface area contributed by atoms with Crippen molar-refractivity contribution in [3.63, 3.8) is 0 Å². The van der Waals surface area contributed by atoms with Crippen molar-refractivity contribution in [1.29, 1.82) is 0 Å². The first kappa shape index (κ1) is 17.2. The molecular weight excluding hydrogens is 248 g/mol. The van der Waals surface area contributed by atoms with Gasteiger partial charge in [-0.25, -0.2) is 4.79 Å². The summed E-state index contributed by atoms with van der Waals surface area (Å²) in [6, 6.07) is 0. The molecule has 0 saturated carbocycles. The van der Waals surface area contributed by atoms with Crippen LogP contribution in [0.15, 0.2) is 11.1 Å². The van der Waals surface area contributed by atoms with Crippen LogP contribution in [-0.4, -0.2) is 59.4 Å². The normalized spacial score (nSPS) is 11.6. The fourth-order valence-corrected chi connectivity index (χ4v) is 1.56. The van der Waals surface area contributed by atoms with Crippen LogP contribution in [0.5, 0.6) is 0 Å². The highest BCUT2D eigenvalue weighted by molar-refractivity contribution is 6.02. The summed E-state index contributed by atoms with van der Waals surface area (Å²) in [6.07, 6.45) is 0. The molecule has 6 nitrogen and oxygen atoms in total. The van der Waals surface area contributed by atoms with Crippen LogP contribution in [-0.2, 0) is 14.4 Å². The maximum Gasteiger partial charge on any atom is 0.331 e. The standard InChI is InChI=1S/C13H22N2O4/c1-6-15(7-2)11(16)8-14(5)12(17)9(3)10(4)13(18)19/h6-8H2,1-5H3,(H,18,19). The maximum atomic E-state index is 12.0. The molecular formula is C13H22N2O4. The summed E-state index contributed by atoms with van der Waals surface area (Å²) in [5, 5.41) is 8.83. The largest absolute Gasteiger partial charge is 0.478 e. The van der Waals surface area contributed by atoms with Crippen molar-refractivity contribution >= 4 is 17.8 Å². The molecule has 0 aliphatic rings. The van der Waals surface area contributed by atoms with Crippen LogP contribution < -0.4 is 0 Å². The van der Waals surface area contributed by atoms with Gasteiger partial charge in [0.05, 0.1) is 6.54 Å². The molecule has 0 aromatic carbocycles. The van der Waals surface area contributed by atoms with Gasteiger partial charge in [-0.15, -0.1) is 0 Å². The number of hydrogen-bond acceptors (Lipinski definition) is 3. The van der Waals surface area contributed by atoms with Crippen LogP contribution in [0.4, 0.5) is 0 Å². The van der Waals surface area contributed by atoms with Crippen LogP contribution in [0.2, 0.25) is 0 Å². The van der Waals surface area contributed by atoms with E-state index in [4.69, 9.17) is 5.11 Å². The highest BCUT2D eigenvalue weighted by Crippen LogP contribution is 2.07. The fraction of sp³-hybridized carbons (Fsp3) is 0.615. The molecule has 0 saturated heterocycles. The highest BCUT2D eigenvalue weighted by Gasteiger charge is 2.20. The molecule has 1 N–H and O–H groups in total. The van der Waals surface area contributed by atoms with E-state index in [2.05, 4.69) is 0 Å². The second kappa shape index (κ2) is 7.56. The van der Waals surface area contributed by atoms with E-state index in [-0.39, 0.29) is 23.6 Å². The Morgan fingerprint density at radius 1 is 1.00 bits per heavy atom. The molecule has 0 rings (SSSR count). The Morgan fingerprint density at radius 2 is 1.47 bits per heavy atom. The monoisotopic (exact) mass is 270 g/mol. The van der Waals surface area contributed by atoms with Crippen molar-refractivity contribution in [2.24, 2.45) is 0 Å². The van der Waals surface area contributed by atoms with Crippen LogP contribution in [0, 0.1) is 0 Å². The Morgan fingerprint density at radius 3 is 1.84 bits per heavy atom. The third-order valence-electron chi connectivity index (χ3n) is 3.04. The molecule has 0 atom stereocenters. The zero-order chi connectivity index (χ0) is 15.2. The number of carboxylic acid groups (broad SMARTS) is 1. The van der Waals surface area contributed by atoms with Gasteiger partial charge < -0.3 is 14.9 Å². The van der Waals surface area contributed by atoms with E-state index in [9.17, 15) is 14.4 Å². The molecule has 0 spiro atoms. The SMILES string of the molecule is CCN(CC)C(=O)CN(C)C(=O)C(C)=C(C)C(=O)O. The number of hydrogen-bond donors (Lipinski definition) is 1. The summed E-state index contributed by atoms with van der Waals surface area (Å²) >= 11 is 0. The number of carboxylic acids is 1. The van der Waals surface area contributed by atoms with E-state index in [1.54, 1.807) is 4.90 Å². The Bertz CT molecular complexity index is 397. The van der Waals surface area contributed by atoms with Gasteiger partial charge >= 0.3 is 5.97 Å². The lowest BCUT2D eigenvalue weighted by Crippen LogP contribution is -2.41. The van der Waals surface area contributed by atoms with Gasteiger partial charge in [0.1, 0.15) is 0 Å². The van der Waals surface area contributed by atoms with E-state index in [1.807, 2.05) is 13.8 Å². The number of aliphatic carboxylic acids is 1. The Hall–Kier alpha value is -1.85. The maximum absolute atomic E-state index is 12.0. The predicted octanol–water partition coefficient (Wildman–Crippen LogP) is 0.734. The average Bonchev–Trinajstić information content (AvgIpc) is 2.37. The molecule has 0 unspecified atom stereocenters. The minimum atomic E-state index is -1.13. The molecule has 0 aliphatic heterocycles. The molecule has 0 radical (unpaired) electrons. The first-order valence-corrected chi connectivity index (χ1v) is 6.20. The minimum absolute atomic E-state index is 0.00728. The Balaban J connectivity index is 4.81. The first-order valence-electron chi connectivity index (χ1n) is 6.20. The summed E-state index contributed by atoms with van der Waals surface area (Å²) in [5.74, 6) is -1.73. The van der Waals surface area contributed by atoms with Crippen molar-refractivity contribution in [3.05, 3.63) is 11.1 Å². The van der Waals surface area contributed by atoms with Gasteiger partial charge in [0.15, 0.2) is 0 Å². The lowest BCUT2D eigenvalue weighted by atomic mass is 10.1. The Labute approximate surface area is 113 Å². The lowest BCUT2D eigenvalue weighted by molar-refractivity contribution is -0.137. The molecule has 6 heteroatoms. The molecule has 0 aromatic rings. The number of carbonyl (C=O) groups is 3. The molecule has 108 valence electrons. The molecule has 0 aliphatic carbocycles. The van der Waals surface area contributed by atoms with Crippen LogP contribution >= 0.6 is 0 Å².